The largest absolute Gasteiger partial charge is 0.497 e. The second kappa shape index (κ2) is 7.90. The van der Waals surface area contributed by atoms with Crippen molar-refractivity contribution >= 4 is 33.9 Å². The summed E-state index contributed by atoms with van der Waals surface area (Å²) in [6.07, 6.45) is 0.808. The van der Waals surface area contributed by atoms with Gasteiger partial charge in [-0.15, -0.1) is 0 Å². The predicted octanol–water partition coefficient (Wildman–Crippen LogP) is 3.31. The molecule has 0 saturated heterocycles. The number of fused-ring (bicyclic) bond motifs is 2. The van der Waals surface area contributed by atoms with E-state index in [1.54, 1.807) is 37.0 Å². The van der Waals surface area contributed by atoms with Gasteiger partial charge >= 0.3 is 0 Å². The summed E-state index contributed by atoms with van der Waals surface area (Å²) in [5, 5.41) is 2.89. The molecule has 4 rings (SSSR count). The highest BCUT2D eigenvalue weighted by Crippen LogP contribution is 2.36. The molecule has 0 bridgehead atoms. The molecule has 2 aromatic carbocycles. The van der Waals surface area contributed by atoms with E-state index in [9.17, 15) is 4.79 Å². The summed E-state index contributed by atoms with van der Waals surface area (Å²) in [4.78, 5) is 22.5. The topological polar surface area (TPSA) is 104 Å². The Hall–Kier alpha value is -3.81. The summed E-state index contributed by atoms with van der Waals surface area (Å²) < 4.78 is 12.6. The number of rotatable bonds is 6. The van der Waals surface area contributed by atoms with E-state index in [2.05, 4.69) is 5.32 Å². The molecule has 154 valence electrons. The van der Waals surface area contributed by atoms with E-state index >= 15 is 0 Å². The summed E-state index contributed by atoms with van der Waals surface area (Å²) in [7, 11) is 3.16. The van der Waals surface area contributed by atoms with Crippen LogP contribution in [-0.2, 0) is 0 Å². The molecular formula is C22H23N5O3. The molecular weight excluding hydrogens is 382 g/mol. The zero-order valence-corrected chi connectivity index (χ0v) is 17.1. The Balaban J connectivity index is 2.08. The highest BCUT2D eigenvalue weighted by Gasteiger charge is 2.26. The number of carbonyl (C=O) groups excluding carboxylic acids is 1. The van der Waals surface area contributed by atoms with Crippen LogP contribution in [-0.4, -0.2) is 41.2 Å². The fraction of sp³-hybridized carbons (Fsp3) is 0.227. The van der Waals surface area contributed by atoms with Crippen LogP contribution in [0, 0.1) is 0 Å². The third kappa shape index (κ3) is 3.16. The van der Waals surface area contributed by atoms with Gasteiger partial charge in [0.05, 0.1) is 30.9 Å². The van der Waals surface area contributed by atoms with Gasteiger partial charge < -0.3 is 20.5 Å². The quantitative estimate of drug-likeness (QED) is 0.510. The molecule has 0 radical (unpaired) electrons. The minimum Gasteiger partial charge on any atom is -0.497 e. The zero-order valence-electron chi connectivity index (χ0n) is 17.1. The number of ether oxygens (including phenoxy) is 2. The lowest BCUT2D eigenvalue weighted by Crippen LogP contribution is -2.25. The van der Waals surface area contributed by atoms with Gasteiger partial charge in [-0.05, 0) is 30.7 Å². The number of amides is 1. The highest BCUT2D eigenvalue weighted by atomic mass is 16.5. The number of nitrogens with one attached hydrogen (secondary N) is 1. The fourth-order valence-corrected chi connectivity index (χ4v) is 3.43. The first-order valence-corrected chi connectivity index (χ1v) is 9.66. The van der Waals surface area contributed by atoms with Crippen molar-refractivity contribution in [2.45, 2.75) is 13.3 Å². The number of nitrogens with two attached hydrogens (primary N) is 1. The smallest absolute Gasteiger partial charge is 0.257 e. The molecule has 0 fully saturated rings. The van der Waals surface area contributed by atoms with Crippen LogP contribution >= 0.6 is 0 Å². The molecule has 0 saturated carbocycles. The monoisotopic (exact) mass is 405 g/mol. The number of nitrogens with zero attached hydrogens (tertiary/aromatic N) is 3. The van der Waals surface area contributed by atoms with Crippen LogP contribution in [0.15, 0.2) is 42.5 Å². The number of anilines is 1. The molecule has 0 aliphatic rings. The Morgan fingerprint density at radius 2 is 1.83 bits per heavy atom. The number of hydrogen-bond acceptors (Lipinski definition) is 6. The Morgan fingerprint density at radius 3 is 2.50 bits per heavy atom. The number of aromatic nitrogens is 3. The number of hydrogen-bond donors (Lipinski definition) is 2. The molecule has 0 atom stereocenters. The van der Waals surface area contributed by atoms with Gasteiger partial charge in [-0.2, -0.15) is 0 Å². The van der Waals surface area contributed by atoms with Gasteiger partial charge in [0.1, 0.15) is 28.4 Å². The summed E-state index contributed by atoms with van der Waals surface area (Å²) in [5.74, 6) is 1.14. The van der Waals surface area contributed by atoms with Crippen LogP contribution in [0.2, 0.25) is 0 Å². The fourth-order valence-electron chi connectivity index (χ4n) is 3.43. The standard InChI is InChI=1S/C22H23N5O3/c1-4-11-24-22(28)18-19-21(26-15-8-6-5-7-14(15)25-19)27(20(18)23)16-12-13(29-2)9-10-17(16)30-3/h5-10,12H,4,11,23H2,1-3H3,(H,24,28). The van der Waals surface area contributed by atoms with Gasteiger partial charge in [0.2, 0.25) is 0 Å². The average Bonchev–Trinajstić information content (AvgIpc) is 3.05. The van der Waals surface area contributed by atoms with E-state index in [4.69, 9.17) is 25.2 Å². The van der Waals surface area contributed by atoms with Gasteiger partial charge in [0.15, 0.2) is 5.65 Å². The Morgan fingerprint density at radius 1 is 1.10 bits per heavy atom. The highest BCUT2D eigenvalue weighted by molar-refractivity contribution is 6.11. The molecule has 2 heterocycles. The lowest BCUT2D eigenvalue weighted by Gasteiger charge is -2.14. The predicted molar refractivity (Wildman–Crippen MR) is 117 cm³/mol. The zero-order chi connectivity index (χ0) is 21.3. The van der Waals surface area contributed by atoms with E-state index in [1.165, 1.54) is 0 Å². The van der Waals surface area contributed by atoms with Crippen molar-refractivity contribution in [3.8, 4) is 17.2 Å². The number of para-hydroxylation sites is 2. The molecule has 8 nitrogen and oxygen atoms in total. The Labute approximate surface area is 173 Å². The molecule has 30 heavy (non-hydrogen) atoms. The maximum absolute atomic E-state index is 13.0. The molecule has 0 spiro atoms. The normalized spacial score (nSPS) is 11.0. The number of carbonyl (C=O) groups is 1. The summed E-state index contributed by atoms with van der Waals surface area (Å²) in [5.41, 5.74) is 9.72. The molecule has 4 aromatic rings. The van der Waals surface area contributed by atoms with E-state index in [-0.39, 0.29) is 11.7 Å². The van der Waals surface area contributed by atoms with Gasteiger partial charge in [-0.3, -0.25) is 9.36 Å². The summed E-state index contributed by atoms with van der Waals surface area (Å²) in [6.45, 7) is 2.52. The van der Waals surface area contributed by atoms with Crippen molar-refractivity contribution in [2.75, 3.05) is 26.5 Å². The third-order valence-electron chi connectivity index (χ3n) is 4.89. The van der Waals surface area contributed by atoms with Crippen molar-refractivity contribution in [1.29, 1.82) is 0 Å². The average molecular weight is 405 g/mol. The van der Waals surface area contributed by atoms with E-state index in [0.29, 0.717) is 51.5 Å². The molecule has 2 aromatic heterocycles. The van der Waals surface area contributed by atoms with Crippen molar-refractivity contribution < 1.29 is 14.3 Å². The molecule has 0 unspecified atom stereocenters. The minimum atomic E-state index is -0.287. The number of benzene rings is 2. The second-order valence-corrected chi connectivity index (χ2v) is 6.77. The van der Waals surface area contributed by atoms with Crippen LogP contribution in [0.25, 0.3) is 27.9 Å². The van der Waals surface area contributed by atoms with Crippen molar-refractivity contribution in [2.24, 2.45) is 0 Å². The van der Waals surface area contributed by atoms with E-state index in [1.807, 2.05) is 31.2 Å². The van der Waals surface area contributed by atoms with Crippen LogP contribution in [0.3, 0.4) is 0 Å². The van der Waals surface area contributed by atoms with Gasteiger partial charge in [0.25, 0.3) is 5.91 Å². The van der Waals surface area contributed by atoms with E-state index in [0.717, 1.165) is 6.42 Å². The Bertz CT molecular complexity index is 1250. The third-order valence-corrected chi connectivity index (χ3v) is 4.89. The van der Waals surface area contributed by atoms with Crippen LogP contribution in [0.5, 0.6) is 11.5 Å². The summed E-state index contributed by atoms with van der Waals surface area (Å²) in [6, 6.07) is 12.9. The molecule has 0 aliphatic carbocycles. The summed E-state index contributed by atoms with van der Waals surface area (Å²) >= 11 is 0. The SMILES string of the molecule is CCCNC(=O)c1c(N)n(-c2cc(OC)ccc2OC)c2nc3ccccc3nc12. The van der Waals surface area contributed by atoms with Crippen LogP contribution < -0.4 is 20.5 Å². The van der Waals surface area contributed by atoms with Gasteiger partial charge in [-0.1, -0.05) is 19.1 Å². The molecule has 3 N–H and O–H groups in total. The maximum atomic E-state index is 13.0. The first kappa shape index (κ1) is 19.5. The molecule has 8 heteroatoms. The molecule has 0 aliphatic heterocycles. The van der Waals surface area contributed by atoms with Crippen LogP contribution in [0.1, 0.15) is 23.7 Å². The lowest BCUT2D eigenvalue weighted by molar-refractivity contribution is 0.0956. The first-order valence-electron chi connectivity index (χ1n) is 9.66. The van der Waals surface area contributed by atoms with Crippen molar-refractivity contribution in [1.82, 2.24) is 19.9 Å². The van der Waals surface area contributed by atoms with Gasteiger partial charge in [-0.25, -0.2) is 9.97 Å². The van der Waals surface area contributed by atoms with E-state index < -0.39 is 0 Å². The van der Waals surface area contributed by atoms with Crippen molar-refractivity contribution in [3.63, 3.8) is 0 Å². The first-order chi connectivity index (χ1) is 14.6. The second-order valence-electron chi connectivity index (χ2n) is 6.77. The lowest BCUT2D eigenvalue weighted by atomic mass is 10.2. The number of methoxy groups -OCH3 is 2. The van der Waals surface area contributed by atoms with Crippen molar-refractivity contribution in [3.05, 3.63) is 48.0 Å². The molecule has 1 amide bonds. The Kier molecular flexibility index (Phi) is 5.14. The maximum Gasteiger partial charge on any atom is 0.257 e. The number of nitrogen functional groups attached to an aromatic ring is 1. The van der Waals surface area contributed by atoms with Crippen LogP contribution in [0.4, 0.5) is 5.82 Å². The minimum absolute atomic E-state index is 0.237. The van der Waals surface area contributed by atoms with Gasteiger partial charge in [0, 0.05) is 12.6 Å².